The van der Waals surface area contributed by atoms with Crippen LogP contribution in [0.15, 0.2) is 81.5 Å². The van der Waals surface area contributed by atoms with E-state index in [9.17, 15) is 14.1 Å². The summed E-state index contributed by atoms with van der Waals surface area (Å²) in [7, 11) is -2.92. The predicted octanol–water partition coefficient (Wildman–Crippen LogP) is 6.31. The fraction of sp³-hybridized carbons (Fsp3) is 0.222. The van der Waals surface area contributed by atoms with E-state index in [2.05, 4.69) is 20.0 Å². The van der Waals surface area contributed by atoms with Crippen LogP contribution >= 0.6 is 11.3 Å². The predicted molar refractivity (Wildman–Crippen MR) is 152 cm³/mol. The Morgan fingerprint density at radius 1 is 1.11 bits per heavy atom. The summed E-state index contributed by atoms with van der Waals surface area (Å²) in [6, 6.07) is 18.0. The van der Waals surface area contributed by atoms with Gasteiger partial charge in [-0.3, -0.25) is 0 Å². The lowest BCUT2D eigenvalue weighted by molar-refractivity contribution is 0.164. The average molecular weight is 552 g/mol. The summed E-state index contributed by atoms with van der Waals surface area (Å²) in [5, 5.41) is 18.1. The first-order valence-corrected chi connectivity index (χ1v) is 14.7. The summed E-state index contributed by atoms with van der Waals surface area (Å²) in [6.45, 7) is 4.21. The third-order valence-electron chi connectivity index (χ3n) is 5.58. The summed E-state index contributed by atoms with van der Waals surface area (Å²) in [4.78, 5) is 22.5. The molecule has 38 heavy (non-hydrogen) atoms. The van der Waals surface area contributed by atoms with Gasteiger partial charge in [-0.2, -0.15) is 4.98 Å². The minimum Gasteiger partial charge on any atom is -0.508 e. The van der Waals surface area contributed by atoms with Crippen molar-refractivity contribution in [2.75, 3.05) is 29.5 Å². The third-order valence-corrected chi connectivity index (χ3v) is 8.72. The molecular weight excluding hydrogens is 522 g/mol. The average Bonchev–Trinajstić information content (AvgIpc) is 3.45. The number of nitrogens with zero attached hydrogens (tertiary/aromatic N) is 3. The largest absolute Gasteiger partial charge is 0.508 e. The molecule has 2 aromatic heterocycles. The van der Waals surface area contributed by atoms with Gasteiger partial charge in [0.1, 0.15) is 11.6 Å². The van der Waals surface area contributed by atoms with Crippen LogP contribution in [0.3, 0.4) is 0 Å². The summed E-state index contributed by atoms with van der Waals surface area (Å²) < 4.78 is 21.8. The highest BCUT2D eigenvalue weighted by Gasteiger charge is 2.15. The Balaban J connectivity index is 1.52. The first kappa shape index (κ1) is 27.1. The highest BCUT2D eigenvalue weighted by Crippen LogP contribution is 2.31. The van der Waals surface area contributed by atoms with Gasteiger partial charge in [0.05, 0.1) is 21.9 Å². The molecule has 0 bridgehead atoms. The maximum Gasteiger partial charge on any atom is 0.442 e. The van der Waals surface area contributed by atoms with Crippen molar-refractivity contribution in [1.29, 1.82) is 0 Å². The van der Waals surface area contributed by atoms with Crippen molar-refractivity contribution in [3.05, 3.63) is 77.8 Å². The van der Waals surface area contributed by atoms with Crippen LogP contribution in [-0.4, -0.2) is 44.3 Å². The minimum absolute atomic E-state index is 0.170. The van der Waals surface area contributed by atoms with E-state index in [1.807, 2.05) is 29.6 Å². The number of carbonyl (C=O) groups is 1. The van der Waals surface area contributed by atoms with Crippen LogP contribution < -0.4 is 10.6 Å². The van der Waals surface area contributed by atoms with Crippen LogP contribution in [-0.2, 0) is 20.9 Å². The van der Waals surface area contributed by atoms with Gasteiger partial charge in [-0.15, -0.1) is 15.7 Å². The van der Waals surface area contributed by atoms with E-state index < -0.39 is 15.8 Å². The fourth-order valence-electron chi connectivity index (χ4n) is 3.61. The standard InChI is InChI=1S/C27H29N5O4S2/c1-3-36-27(34)32-38(35,4-2)22-13-9-20(10-14-22)30-26-29-18-23(24-6-5-17-37-24)25(31-26)28-16-15-19-7-11-21(33)12-8-19/h5-14,17-18,33H,3-4,15-16H2,1-2H3,(H2,28,29,30,31). The molecule has 1 unspecified atom stereocenters. The maximum absolute atomic E-state index is 13.2. The quantitative estimate of drug-likeness (QED) is 0.209. The van der Waals surface area contributed by atoms with Crippen LogP contribution in [0, 0.1) is 0 Å². The number of hydrogen-bond donors (Lipinski definition) is 3. The van der Waals surface area contributed by atoms with Crippen LogP contribution in [0.4, 0.5) is 22.2 Å². The SMILES string of the molecule is CCOC(=O)N=S(=O)(CC)c1ccc(Nc2ncc(-c3cccs3)c(NCCc3ccc(O)cc3)n2)cc1. The van der Waals surface area contributed by atoms with Gasteiger partial charge in [0, 0.05) is 34.0 Å². The first-order chi connectivity index (χ1) is 18.4. The molecule has 0 radical (unpaired) electrons. The Morgan fingerprint density at radius 3 is 2.53 bits per heavy atom. The molecule has 0 saturated carbocycles. The van der Waals surface area contributed by atoms with Crippen LogP contribution in [0.25, 0.3) is 10.4 Å². The summed E-state index contributed by atoms with van der Waals surface area (Å²) in [6.07, 6.45) is 1.71. The molecule has 0 aliphatic rings. The topological polar surface area (TPSA) is 126 Å². The number of hydrogen-bond acceptors (Lipinski definition) is 9. The molecule has 0 saturated heterocycles. The second kappa shape index (κ2) is 12.5. The number of aromatic hydroxyl groups is 1. The highest BCUT2D eigenvalue weighted by atomic mass is 32.2. The van der Waals surface area contributed by atoms with Crippen molar-refractivity contribution in [2.45, 2.75) is 25.2 Å². The van der Waals surface area contributed by atoms with Crippen molar-refractivity contribution in [3.63, 3.8) is 0 Å². The lowest BCUT2D eigenvalue weighted by Crippen LogP contribution is -2.10. The van der Waals surface area contributed by atoms with E-state index in [1.54, 1.807) is 67.8 Å². The third kappa shape index (κ3) is 6.87. The summed E-state index contributed by atoms with van der Waals surface area (Å²) in [5.74, 6) is 1.53. The molecule has 0 fully saturated rings. The van der Waals surface area contributed by atoms with Crippen molar-refractivity contribution < 1.29 is 18.8 Å². The van der Waals surface area contributed by atoms with E-state index in [0.29, 0.717) is 28.9 Å². The molecule has 0 aliphatic heterocycles. The number of benzene rings is 2. The lowest BCUT2D eigenvalue weighted by Gasteiger charge is -2.13. The second-order valence-electron chi connectivity index (χ2n) is 8.15. The van der Waals surface area contributed by atoms with Gasteiger partial charge < -0.3 is 20.5 Å². The minimum atomic E-state index is -2.92. The zero-order valence-corrected chi connectivity index (χ0v) is 22.7. The van der Waals surface area contributed by atoms with Gasteiger partial charge in [0.2, 0.25) is 5.95 Å². The first-order valence-electron chi connectivity index (χ1n) is 12.1. The van der Waals surface area contributed by atoms with Crippen LogP contribution in [0.5, 0.6) is 5.75 Å². The molecule has 3 N–H and O–H groups in total. The van der Waals surface area contributed by atoms with Crippen molar-refractivity contribution in [1.82, 2.24) is 9.97 Å². The Bertz CT molecular complexity index is 1480. The number of thiophene rings is 1. The smallest absolute Gasteiger partial charge is 0.442 e. The monoisotopic (exact) mass is 551 g/mol. The fourth-order valence-corrected chi connectivity index (χ4v) is 5.77. The maximum atomic E-state index is 13.2. The molecule has 1 amide bonds. The number of nitrogens with one attached hydrogen (secondary N) is 2. The Morgan fingerprint density at radius 2 is 1.87 bits per heavy atom. The molecule has 2 aromatic carbocycles. The van der Waals surface area contributed by atoms with Gasteiger partial charge in [-0.1, -0.05) is 25.1 Å². The number of ether oxygens (including phenoxy) is 1. The zero-order chi connectivity index (χ0) is 27.0. The normalized spacial score (nSPS) is 12.4. The molecular formula is C27H29N5O4S2. The summed E-state index contributed by atoms with van der Waals surface area (Å²) >= 11 is 1.61. The van der Waals surface area contributed by atoms with Crippen molar-refractivity contribution in [2.24, 2.45) is 4.36 Å². The number of aromatic nitrogens is 2. The van der Waals surface area contributed by atoms with Crippen LogP contribution in [0.2, 0.25) is 0 Å². The Labute approximate surface area is 226 Å². The molecule has 0 aliphatic carbocycles. The number of anilines is 3. The molecule has 0 spiro atoms. The van der Waals surface area contributed by atoms with E-state index in [0.717, 1.165) is 22.4 Å². The molecule has 4 aromatic rings. The molecule has 2 heterocycles. The number of phenolic OH excluding ortho intramolecular Hbond substituents is 1. The summed E-state index contributed by atoms with van der Waals surface area (Å²) in [5.41, 5.74) is 2.69. The van der Waals surface area contributed by atoms with Crippen LogP contribution in [0.1, 0.15) is 19.4 Å². The van der Waals surface area contributed by atoms with E-state index in [-0.39, 0.29) is 18.1 Å². The van der Waals surface area contributed by atoms with Crippen molar-refractivity contribution in [3.8, 4) is 16.2 Å². The van der Waals surface area contributed by atoms with E-state index in [1.165, 1.54) is 0 Å². The van der Waals surface area contributed by atoms with Gasteiger partial charge in [0.25, 0.3) is 0 Å². The van der Waals surface area contributed by atoms with Gasteiger partial charge in [-0.05, 0) is 66.8 Å². The number of rotatable bonds is 10. The van der Waals surface area contributed by atoms with Gasteiger partial charge in [-0.25, -0.2) is 14.0 Å². The molecule has 198 valence electrons. The molecule has 9 nitrogen and oxygen atoms in total. The molecule has 11 heteroatoms. The second-order valence-corrected chi connectivity index (χ2v) is 11.6. The number of amides is 1. The molecule has 1 atom stereocenters. The van der Waals surface area contributed by atoms with Gasteiger partial charge >= 0.3 is 6.09 Å². The van der Waals surface area contributed by atoms with E-state index >= 15 is 0 Å². The van der Waals surface area contributed by atoms with Crippen molar-refractivity contribution >= 4 is 44.6 Å². The molecule has 4 rings (SSSR count). The zero-order valence-electron chi connectivity index (χ0n) is 21.1. The Hall–Kier alpha value is -3.96. The van der Waals surface area contributed by atoms with Gasteiger partial charge in [0.15, 0.2) is 0 Å². The number of carbonyl (C=O) groups excluding carboxylic acids is 1. The lowest BCUT2D eigenvalue weighted by atomic mass is 10.1. The van der Waals surface area contributed by atoms with E-state index in [4.69, 9.17) is 9.72 Å². The number of phenols is 1. The highest BCUT2D eigenvalue weighted by molar-refractivity contribution is 7.93. The Kier molecular flexibility index (Phi) is 8.93.